The Bertz CT molecular complexity index is 92.6. The molecule has 0 bridgehead atoms. The van der Waals surface area contributed by atoms with E-state index in [4.69, 9.17) is 0 Å². The van der Waals surface area contributed by atoms with Crippen molar-refractivity contribution in [1.29, 1.82) is 0 Å². The van der Waals surface area contributed by atoms with E-state index >= 15 is 0 Å². The van der Waals surface area contributed by atoms with Gasteiger partial charge in [-0.3, -0.25) is 0 Å². The Morgan fingerprint density at radius 3 is 1.29 bits per heavy atom. The maximum Gasteiger partial charge on any atom is -0.0445 e. The van der Waals surface area contributed by atoms with Crippen molar-refractivity contribution in [2.75, 3.05) is 0 Å². The minimum Gasteiger partial charge on any atom is -0.0651 e. The minimum atomic E-state index is 0.949. The Morgan fingerprint density at radius 2 is 1.00 bits per heavy atom. The van der Waals surface area contributed by atoms with Crippen LogP contribution in [0.25, 0.3) is 0 Å². The summed E-state index contributed by atoms with van der Waals surface area (Å²) in [5.74, 6) is 1.90. The number of rotatable bonds is 9. The third-order valence-electron chi connectivity index (χ3n) is 3.54. The normalized spacial score (nSPS) is 15.4. The average Bonchev–Trinajstić information content (AvgIpc) is 2.22. The third kappa shape index (κ3) is 8.59. The zero-order valence-electron chi connectivity index (χ0n) is 10.8. The molecular weight excluding hydrogens is 168 g/mol. The molecule has 0 radical (unpaired) electrons. The molecule has 2 unspecified atom stereocenters. The summed E-state index contributed by atoms with van der Waals surface area (Å²) < 4.78 is 0. The van der Waals surface area contributed by atoms with Crippen LogP contribution in [0.3, 0.4) is 0 Å². The lowest BCUT2D eigenvalue weighted by Gasteiger charge is -2.09. The molecule has 2 atom stereocenters. The Balaban J connectivity index is 3.06. The van der Waals surface area contributed by atoms with Crippen molar-refractivity contribution in [3.63, 3.8) is 0 Å². The highest BCUT2D eigenvalue weighted by Gasteiger charge is 2.00. The molecule has 0 aromatic carbocycles. The number of hydrogen-bond donors (Lipinski definition) is 0. The molecule has 0 heteroatoms. The molecule has 14 heavy (non-hydrogen) atoms. The summed E-state index contributed by atoms with van der Waals surface area (Å²) in [6.45, 7) is 9.35. The quantitative estimate of drug-likeness (QED) is 0.434. The van der Waals surface area contributed by atoms with Gasteiger partial charge in [-0.25, -0.2) is 0 Å². The minimum absolute atomic E-state index is 0.949. The first-order valence-corrected chi connectivity index (χ1v) is 6.70. The van der Waals surface area contributed by atoms with Crippen LogP contribution >= 0.6 is 0 Å². The van der Waals surface area contributed by atoms with Gasteiger partial charge in [0, 0.05) is 0 Å². The molecule has 0 aromatic rings. The van der Waals surface area contributed by atoms with Crippen LogP contribution < -0.4 is 0 Å². The van der Waals surface area contributed by atoms with E-state index in [-0.39, 0.29) is 0 Å². The topological polar surface area (TPSA) is 0 Å². The Labute approximate surface area is 91.5 Å². The van der Waals surface area contributed by atoms with Gasteiger partial charge in [-0.15, -0.1) is 0 Å². The lowest BCUT2D eigenvalue weighted by Crippen LogP contribution is -1.93. The molecule has 0 aromatic heterocycles. The zero-order chi connectivity index (χ0) is 10.8. The first-order chi connectivity index (χ1) is 6.70. The van der Waals surface area contributed by atoms with Crippen LogP contribution in [0.1, 0.15) is 79.1 Å². The molecule has 0 saturated carbocycles. The van der Waals surface area contributed by atoms with Crippen LogP contribution in [0.2, 0.25) is 0 Å². The van der Waals surface area contributed by atoms with Crippen LogP contribution in [0, 0.1) is 11.8 Å². The van der Waals surface area contributed by atoms with Gasteiger partial charge >= 0.3 is 0 Å². The summed E-state index contributed by atoms with van der Waals surface area (Å²) in [4.78, 5) is 0. The summed E-state index contributed by atoms with van der Waals surface area (Å²) in [7, 11) is 0. The molecule has 0 fully saturated rings. The highest BCUT2D eigenvalue weighted by atomic mass is 14.1. The van der Waals surface area contributed by atoms with Crippen molar-refractivity contribution in [3.8, 4) is 0 Å². The van der Waals surface area contributed by atoms with E-state index < -0.39 is 0 Å². The van der Waals surface area contributed by atoms with Gasteiger partial charge in [0.25, 0.3) is 0 Å². The highest BCUT2D eigenvalue weighted by Crippen LogP contribution is 2.16. The van der Waals surface area contributed by atoms with Gasteiger partial charge in [0.15, 0.2) is 0 Å². The molecule has 0 spiro atoms. The fourth-order valence-electron chi connectivity index (χ4n) is 1.75. The molecular formula is C14H30. The largest absolute Gasteiger partial charge is 0.0651 e. The van der Waals surface area contributed by atoms with E-state index in [2.05, 4.69) is 27.7 Å². The molecule has 0 aliphatic heterocycles. The summed E-state index contributed by atoms with van der Waals surface area (Å²) in [5, 5.41) is 0. The molecule has 0 aliphatic rings. The highest BCUT2D eigenvalue weighted by molar-refractivity contribution is 4.53. The molecule has 0 heterocycles. The predicted molar refractivity (Wildman–Crippen MR) is 66.6 cm³/mol. The predicted octanol–water partition coefficient (Wildman–Crippen LogP) is 5.42. The molecule has 0 rings (SSSR count). The van der Waals surface area contributed by atoms with Gasteiger partial charge in [-0.2, -0.15) is 0 Å². The van der Waals surface area contributed by atoms with Crippen LogP contribution in [-0.2, 0) is 0 Å². The van der Waals surface area contributed by atoms with E-state index in [0.29, 0.717) is 0 Å². The molecule has 86 valence electrons. The van der Waals surface area contributed by atoms with E-state index in [1.807, 2.05) is 0 Å². The van der Waals surface area contributed by atoms with Gasteiger partial charge in [0.1, 0.15) is 0 Å². The fourth-order valence-corrected chi connectivity index (χ4v) is 1.75. The Morgan fingerprint density at radius 1 is 0.643 bits per heavy atom. The van der Waals surface area contributed by atoms with Gasteiger partial charge in [-0.1, -0.05) is 79.1 Å². The average molecular weight is 198 g/mol. The Hall–Kier alpha value is 0. The van der Waals surface area contributed by atoms with Crippen molar-refractivity contribution in [1.82, 2.24) is 0 Å². The second kappa shape index (κ2) is 9.55. The van der Waals surface area contributed by atoms with Crippen molar-refractivity contribution in [2.24, 2.45) is 11.8 Å². The lowest BCUT2D eigenvalue weighted by atomic mass is 9.97. The van der Waals surface area contributed by atoms with E-state index in [9.17, 15) is 0 Å². The standard InChI is InChI=1S/C14H30/c1-5-13(3)11-9-7-8-10-12-14(4)6-2/h13-14H,5-12H2,1-4H3. The number of unbranched alkanes of at least 4 members (excludes halogenated alkanes) is 3. The van der Waals surface area contributed by atoms with Crippen molar-refractivity contribution in [2.45, 2.75) is 79.1 Å². The number of hydrogen-bond acceptors (Lipinski definition) is 0. The lowest BCUT2D eigenvalue weighted by molar-refractivity contribution is 0.447. The molecule has 0 N–H and O–H groups in total. The van der Waals surface area contributed by atoms with Crippen LogP contribution in [0.15, 0.2) is 0 Å². The van der Waals surface area contributed by atoms with Crippen molar-refractivity contribution in [3.05, 3.63) is 0 Å². The van der Waals surface area contributed by atoms with E-state index in [1.54, 1.807) is 0 Å². The third-order valence-corrected chi connectivity index (χ3v) is 3.54. The summed E-state index contributed by atoms with van der Waals surface area (Å²) in [6, 6.07) is 0. The first-order valence-electron chi connectivity index (χ1n) is 6.70. The van der Waals surface area contributed by atoms with Crippen LogP contribution in [-0.4, -0.2) is 0 Å². The SMILES string of the molecule is CCC(C)CCCCCCC(C)CC. The molecule has 0 aliphatic carbocycles. The molecule has 0 amide bonds. The summed E-state index contributed by atoms with van der Waals surface area (Å²) in [5.41, 5.74) is 0. The van der Waals surface area contributed by atoms with Crippen LogP contribution in [0.5, 0.6) is 0 Å². The van der Waals surface area contributed by atoms with Crippen LogP contribution in [0.4, 0.5) is 0 Å². The molecule has 0 nitrogen and oxygen atoms in total. The maximum absolute atomic E-state index is 2.37. The second-order valence-corrected chi connectivity index (χ2v) is 5.02. The van der Waals surface area contributed by atoms with Crippen molar-refractivity contribution < 1.29 is 0 Å². The van der Waals surface area contributed by atoms with E-state index in [1.165, 1.54) is 51.4 Å². The van der Waals surface area contributed by atoms with Gasteiger partial charge in [0.05, 0.1) is 0 Å². The van der Waals surface area contributed by atoms with Crippen molar-refractivity contribution >= 4 is 0 Å². The second-order valence-electron chi connectivity index (χ2n) is 5.02. The maximum atomic E-state index is 2.37. The fraction of sp³-hybridized carbons (Fsp3) is 1.00. The van der Waals surface area contributed by atoms with E-state index in [0.717, 1.165) is 11.8 Å². The smallest absolute Gasteiger partial charge is 0.0445 e. The van der Waals surface area contributed by atoms with Gasteiger partial charge in [-0.05, 0) is 11.8 Å². The summed E-state index contributed by atoms with van der Waals surface area (Å²) >= 11 is 0. The molecule has 0 saturated heterocycles. The monoisotopic (exact) mass is 198 g/mol. The van der Waals surface area contributed by atoms with Gasteiger partial charge in [0.2, 0.25) is 0 Å². The summed E-state index contributed by atoms with van der Waals surface area (Å²) in [6.07, 6.45) is 11.4. The Kier molecular flexibility index (Phi) is 9.55. The zero-order valence-corrected chi connectivity index (χ0v) is 10.8. The first kappa shape index (κ1) is 14.0. The van der Waals surface area contributed by atoms with Gasteiger partial charge < -0.3 is 0 Å².